The number of aromatic nitrogens is 3. The number of ether oxygens (including phenoxy) is 1. The summed E-state index contributed by atoms with van der Waals surface area (Å²) in [5, 5.41) is 9.75. The molecule has 1 heterocycles. The second-order valence-corrected chi connectivity index (χ2v) is 8.12. The van der Waals surface area contributed by atoms with Gasteiger partial charge in [0.2, 0.25) is 0 Å². The second-order valence-electron chi connectivity index (χ2n) is 8.12. The average Bonchev–Trinajstić information content (AvgIpc) is 3.39. The van der Waals surface area contributed by atoms with Crippen LogP contribution >= 0.6 is 0 Å². The van der Waals surface area contributed by atoms with E-state index in [0.717, 1.165) is 16.9 Å². The normalized spacial score (nSPS) is 11.6. The maximum atomic E-state index is 13.0. The zero-order valence-corrected chi connectivity index (χ0v) is 19.1. The van der Waals surface area contributed by atoms with E-state index in [1.165, 1.54) is 18.8 Å². The molecule has 34 heavy (non-hydrogen) atoms. The van der Waals surface area contributed by atoms with Crippen LogP contribution in [-0.2, 0) is 13.0 Å². The summed E-state index contributed by atoms with van der Waals surface area (Å²) in [6.45, 7) is 3.99. The van der Waals surface area contributed by atoms with E-state index in [-0.39, 0.29) is 11.7 Å². The largest absolute Gasteiger partial charge is 0.489 e. The number of ketones is 1. The zero-order valence-electron chi connectivity index (χ0n) is 19.1. The van der Waals surface area contributed by atoms with Crippen LogP contribution in [0.15, 0.2) is 79.1 Å². The summed E-state index contributed by atoms with van der Waals surface area (Å²) in [6, 6.07) is 22.3. The number of Topliss-reactive ketones (excluding diaryl/α,β-unsaturated/α-hetero) is 1. The van der Waals surface area contributed by atoms with E-state index >= 15 is 0 Å². The summed E-state index contributed by atoms with van der Waals surface area (Å²) in [5.74, 6) is 0.793. The highest BCUT2D eigenvalue weighted by Gasteiger charge is 2.21. The van der Waals surface area contributed by atoms with Crippen molar-refractivity contribution >= 4 is 11.7 Å². The van der Waals surface area contributed by atoms with Gasteiger partial charge in [0.25, 0.3) is 5.91 Å². The number of benzene rings is 3. The first-order chi connectivity index (χ1) is 16.5. The molecule has 0 bridgehead atoms. The van der Waals surface area contributed by atoms with Crippen LogP contribution in [0.25, 0.3) is 0 Å². The molecule has 0 saturated carbocycles. The van der Waals surface area contributed by atoms with Crippen LogP contribution in [0.5, 0.6) is 5.75 Å². The first-order valence-corrected chi connectivity index (χ1v) is 11.0. The van der Waals surface area contributed by atoms with Crippen molar-refractivity contribution < 1.29 is 14.3 Å². The van der Waals surface area contributed by atoms with Gasteiger partial charge in [-0.3, -0.25) is 14.7 Å². The molecule has 0 aliphatic rings. The van der Waals surface area contributed by atoms with Gasteiger partial charge >= 0.3 is 0 Å². The molecule has 2 N–H and O–H groups in total. The highest BCUT2D eigenvalue weighted by molar-refractivity contribution is 6.07. The van der Waals surface area contributed by atoms with Gasteiger partial charge in [0, 0.05) is 5.56 Å². The van der Waals surface area contributed by atoms with Crippen molar-refractivity contribution in [2.45, 2.75) is 32.9 Å². The van der Waals surface area contributed by atoms with Crippen molar-refractivity contribution in [2.24, 2.45) is 0 Å². The molecule has 0 aliphatic carbocycles. The van der Waals surface area contributed by atoms with Crippen LogP contribution in [0, 0.1) is 6.92 Å². The van der Waals surface area contributed by atoms with Crippen LogP contribution in [0.3, 0.4) is 0 Å². The molecular weight excluding hydrogens is 428 g/mol. The number of carbonyl (C=O) groups is 2. The van der Waals surface area contributed by atoms with E-state index < -0.39 is 6.04 Å². The molecule has 1 atom stereocenters. The lowest BCUT2D eigenvalue weighted by Crippen LogP contribution is -2.31. The van der Waals surface area contributed by atoms with Crippen molar-refractivity contribution in [1.29, 1.82) is 0 Å². The molecule has 0 spiro atoms. The summed E-state index contributed by atoms with van der Waals surface area (Å²) in [7, 11) is 0. The molecule has 7 heteroatoms. The quantitative estimate of drug-likeness (QED) is 0.360. The lowest BCUT2D eigenvalue weighted by atomic mass is 10.0. The molecule has 7 nitrogen and oxygen atoms in total. The minimum absolute atomic E-state index is 0.164. The van der Waals surface area contributed by atoms with Crippen molar-refractivity contribution in [3.8, 4) is 5.75 Å². The number of nitrogens with zero attached hydrogens (tertiary/aromatic N) is 2. The monoisotopic (exact) mass is 454 g/mol. The number of H-pyrrole nitrogens is 1. The Bertz CT molecular complexity index is 1250. The van der Waals surface area contributed by atoms with Crippen molar-refractivity contribution in [2.75, 3.05) is 0 Å². The average molecular weight is 455 g/mol. The number of aromatic amines is 1. The molecule has 172 valence electrons. The van der Waals surface area contributed by atoms with E-state index in [0.29, 0.717) is 30.0 Å². The molecule has 0 saturated heterocycles. The topological polar surface area (TPSA) is 97.0 Å². The standard InChI is InChI=1S/C27H26N4O3/c1-18-7-9-21(10-8-18)16-34-22-13-11-20(12-14-22)15-25(26-28-17-29-31-26)30-27(33)24-6-4-3-5-23(24)19(2)32/h3-14,17,25H,15-16H2,1-2H3,(H,30,33)(H,28,29,31)/t25-/m0/s1. The van der Waals surface area contributed by atoms with Gasteiger partial charge in [-0.05, 0) is 49.6 Å². The molecule has 0 radical (unpaired) electrons. The third kappa shape index (κ3) is 5.75. The predicted octanol–water partition coefficient (Wildman–Crippen LogP) is 4.61. The number of hydrogen-bond acceptors (Lipinski definition) is 5. The number of amides is 1. The Balaban J connectivity index is 1.45. The molecule has 3 aromatic carbocycles. The first-order valence-electron chi connectivity index (χ1n) is 11.0. The van der Waals surface area contributed by atoms with E-state index in [1.54, 1.807) is 24.3 Å². The van der Waals surface area contributed by atoms with Gasteiger partial charge in [0.15, 0.2) is 5.78 Å². The lowest BCUT2D eigenvalue weighted by molar-refractivity contribution is 0.0922. The summed E-state index contributed by atoms with van der Waals surface area (Å²) in [5.41, 5.74) is 4.02. The SMILES string of the molecule is CC(=O)c1ccccc1C(=O)N[C@@H](Cc1ccc(OCc2ccc(C)cc2)cc1)c1ncn[nH]1. The molecule has 0 aliphatic heterocycles. The molecule has 0 unspecified atom stereocenters. The Kier molecular flexibility index (Phi) is 7.13. The zero-order chi connectivity index (χ0) is 23.9. The van der Waals surface area contributed by atoms with E-state index in [9.17, 15) is 9.59 Å². The highest BCUT2D eigenvalue weighted by Crippen LogP contribution is 2.20. The van der Waals surface area contributed by atoms with E-state index in [2.05, 4.69) is 51.7 Å². The van der Waals surface area contributed by atoms with Crippen molar-refractivity contribution in [1.82, 2.24) is 20.5 Å². The van der Waals surface area contributed by atoms with Gasteiger partial charge < -0.3 is 10.1 Å². The molecule has 1 amide bonds. The molecule has 4 rings (SSSR count). The number of rotatable bonds is 9. The second kappa shape index (κ2) is 10.6. The number of carbonyl (C=O) groups excluding carboxylic acids is 2. The van der Waals surface area contributed by atoms with Gasteiger partial charge in [-0.25, -0.2) is 4.98 Å². The van der Waals surface area contributed by atoms with Gasteiger partial charge in [0.05, 0.1) is 11.6 Å². The van der Waals surface area contributed by atoms with Crippen LogP contribution in [0.4, 0.5) is 0 Å². The van der Waals surface area contributed by atoms with Gasteiger partial charge in [-0.2, -0.15) is 5.10 Å². The van der Waals surface area contributed by atoms with Gasteiger partial charge in [-0.15, -0.1) is 0 Å². The highest BCUT2D eigenvalue weighted by atomic mass is 16.5. The Labute approximate surface area is 198 Å². The molecule has 4 aromatic rings. The smallest absolute Gasteiger partial charge is 0.252 e. The maximum Gasteiger partial charge on any atom is 0.252 e. The Morgan fingerprint density at radius 1 is 0.941 bits per heavy atom. The molecule has 0 fully saturated rings. The third-order valence-electron chi connectivity index (χ3n) is 5.51. The number of nitrogens with one attached hydrogen (secondary N) is 2. The van der Waals surface area contributed by atoms with Crippen LogP contribution < -0.4 is 10.1 Å². The Morgan fingerprint density at radius 2 is 1.62 bits per heavy atom. The first kappa shape index (κ1) is 22.9. The number of hydrogen-bond donors (Lipinski definition) is 2. The molecule has 1 aromatic heterocycles. The van der Waals surface area contributed by atoms with Crippen molar-refractivity contribution in [3.05, 3.63) is 113 Å². The fraction of sp³-hybridized carbons (Fsp3) is 0.185. The summed E-state index contributed by atoms with van der Waals surface area (Å²) in [4.78, 5) is 29.2. The minimum atomic E-state index is -0.450. The van der Waals surface area contributed by atoms with Gasteiger partial charge in [0.1, 0.15) is 24.5 Å². The fourth-order valence-electron chi connectivity index (χ4n) is 3.63. The van der Waals surface area contributed by atoms with Crippen LogP contribution in [0.2, 0.25) is 0 Å². The predicted molar refractivity (Wildman–Crippen MR) is 129 cm³/mol. The fourth-order valence-corrected chi connectivity index (χ4v) is 3.63. The third-order valence-corrected chi connectivity index (χ3v) is 5.51. The van der Waals surface area contributed by atoms with Crippen molar-refractivity contribution in [3.63, 3.8) is 0 Å². The number of aryl methyl sites for hydroxylation is 1. The maximum absolute atomic E-state index is 13.0. The van der Waals surface area contributed by atoms with Crippen LogP contribution in [0.1, 0.15) is 56.2 Å². The minimum Gasteiger partial charge on any atom is -0.489 e. The Morgan fingerprint density at radius 3 is 2.26 bits per heavy atom. The van der Waals surface area contributed by atoms with Gasteiger partial charge in [-0.1, -0.05) is 60.2 Å². The summed E-state index contributed by atoms with van der Waals surface area (Å²) < 4.78 is 5.89. The lowest BCUT2D eigenvalue weighted by Gasteiger charge is -2.18. The molecular formula is C27H26N4O3. The summed E-state index contributed by atoms with van der Waals surface area (Å²) >= 11 is 0. The van der Waals surface area contributed by atoms with Crippen LogP contribution in [-0.4, -0.2) is 26.9 Å². The van der Waals surface area contributed by atoms with E-state index in [1.807, 2.05) is 24.3 Å². The van der Waals surface area contributed by atoms with E-state index in [4.69, 9.17) is 4.74 Å². The summed E-state index contributed by atoms with van der Waals surface area (Å²) in [6.07, 6.45) is 1.89. The Hall–Kier alpha value is -4.26.